The topological polar surface area (TPSA) is 46.2 Å². The second-order valence-corrected chi connectivity index (χ2v) is 7.92. The molecule has 0 radical (unpaired) electrons. The van der Waals surface area contributed by atoms with Crippen molar-refractivity contribution >= 4 is 15.6 Å². The Bertz CT molecular complexity index is 752. The number of allylic oxidation sites excluding steroid dienone is 3. The number of terminal acetylenes is 1. The van der Waals surface area contributed by atoms with Crippen molar-refractivity contribution in [1.82, 2.24) is 4.72 Å². The molecule has 0 heterocycles. The van der Waals surface area contributed by atoms with Crippen LogP contribution in [0.15, 0.2) is 48.6 Å². The lowest BCUT2D eigenvalue weighted by molar-refractivity contribution is 0.557. The molecule has 1 aromatic rings. The highest BCUT2D eigenvalue weighted by Gasteiger charge is 2.41. The molecule has 0 aliphatic heterocycles. The fraction of sp³-hybridized carbons (Fsp3) is 0.333. The lowest BCUT2D eigenvalue weighted by atomic mass is 9.93. The molecule has 3 rings (SSSR count). The minimum atomic E-state index is -3.57. The number of hydrogen-bond acceptors (Lipinski definition) is 2. The number of nitrogens with one attached hydrogen (secondary N) is 1. The van der Waals surface area contributed by atoms with Gasteiger partial charge in [-0.25, -0.2) is 13.1 Å². The maximum Gasteiger partial charge on any atom is 0.232 e. The van der Waals surface area contributed by atoms with Crippen molar-refractivity contribution < 1.29 is 8.42 Å². The van der Waals surface area contributed by atoms with Gasteiger partial charge in [0.05, 0.1) is 0 Å². The molecule has 22 heavy (non-hydrogen) atoms. The maximum atomic E-state index is 12.6. The normalized spacial score (nSPS) is 24.6. The summed E-state index contributed by atoms with van der Waals surface area (Å²) in [4.78, 5) is 0. The van der Waals surface area contributed by atoms with E-state index in [1.54, 1.807) is 6.08 Å². The summed E-state index contributed by atoms with van der Waals surface area (Å²) in [6, 6.07) is 9.87. The fourth-order valence-corrected chi connectivity index (χ4v) is 3.95. The van der Waals surface area contributed by atoms with Gasteiger partial charge in [-0.3, -0.25) is 0 Å². The van der Waals surface area contributed by atoms with Crippen molar-refractivity contribution in [3.63, 3.8) is 0 Å². The second-order valence-electron chi connectivity index (χ2n) is 5.89. The van der Waals surface area contributed by atoms with Gasteiger partial charge in [-0.2, -0.15) is 0 Å². The van der Waals surface area contributed by atoms with Crippen molar-refractivity contribution in [3.8, 4) is 12.3 Å². The fourth-order valence-electron chi connectivity index (χ4n) is 2.53. The van der Waals surface area contributed by atoms with E-state index in [-0.39, 0.29) is 0 Å². The summed E-state index contributed by atoms with van der Waals surface area (Å²) in [5, 5.41) is 0. The van der Waals surface area contributed by atoms with Crippen LogP contribution in [0.1, 0.15) is 24.8 Å². The van der Waals surface area contributed by atoms with Gasteiger partial charge in [0.15, 0.2) is 4.75 Å². The van der Waals surface area contributed by atoms with Crippen molar-refractivity contribution in [1.29, 1.82) is 0 Å². The highest BCUT2D eigenvalue weighted by Crippen LogP contribution is 2.33. The van der Waals surface area contributed by atoms with Crippen molar-refractivity contribution in [3.05, 3.63) is 54.1 Å². The molecule has 1 N–H and O–H groups in total. The Balaban J connectivity index is 1.80. The molecular formula is C18H19NO2S. The van der Waals surface area contributed by atoms with E-state index in [9.17, 15) is 8.42 Å². The Hall–Kier alpha value is -1.83. The predicted octanol–water partition coefficient (Wildman–Crippen LogP) is 2.73. The lowest BCUT2D eigenvalue weighted by Gasteiger charge is -2.27. The average Bonchev–Trinajstić information content (AvgIpc) is 3.38. The maximum absolute atomic E-state index is 12.6. The van der Waals surface area contributed by atoms with Gasteiger partial charge < -0.3 is 0 Å². The van der Waals surface area contributed by atoms with Crippen LogP contribution in [0, 0.1) is 18.3 Å². The summed E-state index contributed by atoms with van der Waals surface area (Å²) >= 11 is 0. The second kappa shape index (κ2) is 5.75. The van der Waals surface area contributed by atoms with E-state index in [0.29, 0.717) is 18.9 Å². The Kier molecular flexibility index (Phi) is 3.94. The molecule has 4 heteroatoms. The van der Waals surface area contributed by atoms with E-state index in [0.717, 1.165) is 24.0 Å². The SMILES string of the molecule is C#CC1(S(=O)(=O)NCC2CC2)C=CC(c2ccccc2)=CC1. The van der Waals surface area contributed by atoms with Crippen LogP contribution in [-0.4, -0.2) is 19.7 Å². The molecule has 0 bridgehead atoms. The van der Waals surface area contributed by atoms with Gasteiger partial charge in [-0.15, -0.1) is 6.42 Å². The van der Waals surface area contributed by atoms with Gasteiger partial charge in [-0.1, -0.05) is 48.4 Å². The van der Waals surface area contributed by atoms with E-state index < -0.39 is 14.8 Å². The van der Waals surface area contributed by atoms with E-state index in [1.165, 1.54) is 0 Å². The minimum Gasteiger partial charge on any atom is -0.213 e. The summed E-state index contributed by atoms with van der Waals surface area (Å²) in [5.41, 5.74) is 2.07. The Morgan fingerprint density at radius 3 is 2.55 bits per heavy atom. The molecule has 0 amide bonds. The first-order valence-corrected chi connectivity index (χ1v) is 8.96. The summed E-state index contributed by atoms with van der Waals surface area (Å²) in [5.74, 6) is 2.97. The van der Waals surface area contributed by atoms with Crippen molar-refractivity contribution in [2.45, 2.75) is 24.0 Å². The molecule has 1 unspecified atom stereocenters. The van der Waals surface area contributed by atoms with Gasteiger partial charge in [0.25, 0.3) is 0 Å². The first kappa shape index (κ1) is 15.1. The first-order chi connectivity index (χ1) is 10.6. The average molecular weight is 313 g/mol. The van der Waals surface area contributed by atoms with Crippen LogP contribution in [0.3, 0.4) is 0 Å². The van der Waals surface area contributed by atoms with E-state index in [2.05, 4.69) is 10.6 Å². The van der Waals surface area contributed by atoms with E-state index in [4.69, 9.17) is 6.42 Å². The molecule has 2 aliphatic rings. The first-order valence-electron chi connectivity index (χ1n) is 7.48. The number of sulfonamides is 1. The van der Waals surface area contributed by atoms with Crippen LogP contribution in [-0.2, 0) is 10.0 Å². The largest absolute Gasteiger partial charge is 0.232 e. The summed E-state index contributed by atoms with van der Waals surface area (Å²) in [6.45, 7) is 0.495. The number of rotatable bonds is 5. The zero-order valence-corrected chi connectivity index (χ0v) is 13.1. The van der Waals surface area contributed by atoms with Gasteiger partial charge in [0.2, 0.25) is 10.0 Å². The summed E-state index contributed by atoms with van der Waals surface area (Å²) in [7, 11) is -3.57. The molecule has 0 spiro atoms. The van der Waals surface area contributed by atoms with Crippen LogP contribution in [0.2, 0.25) is 0 Å². The smallest absolute Gasteiger partial charge is 0.213 e. The highest BCUT2D eigenvalue weighted by atomic mass is 32.2. The minimum absolute atomic E-state index is 0.296. The molecule has 1 fully saturated rings. The van der Waals surface area contributed by atoms with Crippen LogP contribution >= 0.6 is 0 Å². The molecule has 114 valence electrons. The molecule has 1 aromatic carbocycles. The predicted molar refractivity (Wildman–Crippen MR) is 89.4 cm³/mol. The number of benzene rings is 1. The molecule has 1 saturated carbocycles. The van der Waals surface area contributed by atoms with Crippen LogP contribution in [0.25, 0.3) is 5.57 Å². The standard InChI is InChI=1S/C18H19NO2S/c1-2-18(22(20,21)19-14-15-8-9-15)12-10-17(11-13-18)16-6-4-3-5-7-16/h1,3-7,10-12,15,19H,8-9,13-14H2. The van der Waals surface area contributed by atoms with Gasteiger partial charge in [0, 0.05) is 13.0 Å². The molecule has 2 aliphatic carbocycles. The third-order valence-electron chi connectivity index (χ3n) is 4.25. The van der Waals surface area contributed by atoms with Crippen LogP contribution in [0.4, 0.5) is 0 Å². The summed E-state index contributed by atoms with van der Waals surface area (Å²) < 4.78 is 26.6. The Labute approximate surface area is 132 Å². The van der Waals surface area contributed by atoms with Gasteiger partial charge >= 0.3 is 0 Å². The van der Waals surface area contributed by atoms with E-state index >= 15 is 0 Å². The van der Waals surface area contributed by atoms with Crippen LogP contribution in [0.5, 0.6) is 0 Å². The molecule has 0 aromatic heterocycles. The molecule has 0 saturated heterocycles. The molecular weight excluding hydrogens is 294 g/mol. The monoisotopic (exact) mass is 313 g/mol. The number of hydrogen-bond donors (Lipinski definition) is 1. The quantitative estimate of drug-likeness (QED) is 0.850. The Morgan fingerprint density at radius 1 is 1.27 bits per heavy atom. The van der Waals surface area contributed by atoms with E-state index in [1.807, 2.05) is 42.5 Å². The zero-order chi connectivity index (χ0) is 15.6. The third-order valence-corrected chi connectivity index (χ3v) is 6.17. The van der Waals surface area contributed by atoms with Gasteiger partial charge in [0.1, 0.15) is 0 Å². The van der Waals surface area contributed by atoms with Crippen molar-refractivity contribution in [2.24, 2.45) is 5.92 Å². The molecule has 3 nitrogen and oxygen atoms in total. The lowest BCUT2D eigenvalue weighted by Crippen LogP contribution is -2.45. The summed E-state index contributed by atoms with van der Waals surface area (Å²) in [6.07, 6.45) is 13.4. The highest BCUT2D eigenvalue weighted by molar-refractivity contribution is 7.91. The van der Waals surface area contributed by atoms with Crippen molar-refractivity contribution in [2.75, 3.05) is 6.54 Å². The Morgan fingerprint density at radius 2 is 2.00 bits per heavy atom. The zero-order valence-electron chi connectivity index (χ0n) is 12.3. The van der Waals surface area contributed by atoms with Crippen LogP contribution < -0.4 is 4.72 Å². The van der Waals surface area contributed by atoms with Gasteiger partial charge in [-0.05, 0) is 36.0 Å². The molecule has 1 atom stereocenters. The third kappa shape index (κ3) is 2.87.